The van der Waals surface area contributed by atoms with E-state index in [4.69, 9.17) is 4.74 Å². The minimum absolute atomic E-state index is 0.0224. The second-order valence-corrected chi connectivity index (χ2v) is 14.4. The van der Waals surface area contributed by atoms with E-state index < -0.39 is 29.6 Å². The molecule has 248 valence electrons. The highest BCUT2D eigenvalue weighted by atomic mass is 16.5. The van der Waals surface area contributed by atoms with E-state index in [-0.39, 0.29) is 42.3 Å². The van der Waals surface area contributed by atoms with E-state index in [1.54, 1.807) is 32.6 Å². The molecule has 0 unspecified atom stereocenters. The number of carbonyl (C=O) groups excluding carboxylic acids is 3. The molecule has 3 heterocycles. The number of hydrogen-bond donors (Lipinski definition) is 3. The maximum Gasteiger partial charge on any atom is 0.407 e. The van der Waals surface area contributed by atoms with Crippen LogP contribution in [0.2, 0.25) is 0 Å². The van der Waals surface area contributed by atoms with Gasteiger partial charge in [-0.3, -0.25) is 19.3 Å². The molecule has 5 rings (SSSR count). The zero-order chi connectivity index (χ0) is 32.3. The van der Waals surface area contributed by atoms with Crippen LogP contribution in [0.1, 0.15) is 90.7 Å². The Morgan fingerprint density at radius 1 is 1.02 bits per heavy atom. The number of amides is 4. The molecule has 2 saturated heterocycles. The first-order valence-corrected chi connectivity index (χ1v) is 16.8. The molecule has 1 aliphatic carbocycles. The predicted octanol–water partition coefficient (Wildman–Crippen LogP) is 3.78. The number of nitrogens with one attached hydrogen (secondary N) is 2. The minimum Gasteiger partial charge on any atom is -0.493 e. The van der Waals surface area contributed by atoms with Crippen molar-refractivity contribution in [2.24, 2.45) is 11.8 Å². The summed E-state index contributed by atoms with van der Waals surface area (Å²) >= 11 is 0. The van der Waals surface area contributed by atoms with Crippen molar-refractivity contribution < 1.29 is 29.0 Å². The molecule has 1 aromatic rings. The van der Waals surface area contributed by atoms with E-state index in [1.807, 2.05) is 24.3 Å². The first-order chi connectivity index (χ1) is 21.4. The van der Waals surface area contributed by atoms with Crippen molar-refractivity contribution in [1.29, 1.82) is 0 Å². The lowest BCUT2D eigenvalue weighted by molar-refractivity contribution is -0.150. The maximum atomic E-state index is 14.6. The third kappa shape index (κ3) is 7.56. The van der Waals surface area contributed by atoms with Crippen molar-refractivity contribution in [2.75, 3.05) is 32.8 Å². The number of fused-ring (bicyclic) bond motifs is 2. The summed E-state index contributed by atoms with van der Waals surface area (Å²) in [6.07, 6.45) is 6.29. The minimum atomic E-state index is -1.09. The summed E-state index contributed by atoms with van der Waals surface area (Å²) < 4.78 is 5.81. The predicted molar refractivity (Wildman–Crippen MR) is 170 cm³/mol. The van der Waals surface area contributed by atoms with Gasteiger partial charge in [-0.15, -0.1) is 0 Å². The zero-order valence-electron chi connectivity index (χ0n) is 27.3. The molecule has 0 spiro atoms. The van der Waals surface area contributed by atoms with Gasteiger partial charge in [0.15, 0.2) is 0 Å². The number of carboxylic acid groups (broad SMARTS) is 1. The van der Waals surface area contributed by atoms with Gasteiger partial charge in [0.05, 0.1) is 18.6 Å². The number of benzene rings is 1. The summed E-state index contributed by atoms with van der Waals surface area (Å²) in [4.78, 5) is 59.7. The maximum absolute atomic E-state index is 14.6. The fourth-order valence-corrected chi connectivity index (χ4v) is 7.56. The van der Waals surface area contributed by atoms with Crippen LogP contribution >= 0.6 is 0 Å². The summed E-state index contributed by atoms with van der Waals surface area (Å²) in [6.45, 7) is 9.46. The summed E-state index contributed by atoms with van der Waals surface area (Å²) in [5.41, 5.74) is 0.266. The average molecular weight is 626 g/mol. The largest absolute Gasteiger partial charge is 0.493 e. The number of para-hydroxylation sites is 1. The lowest BCUT2D eigenvalue weighted by Crippen LogP contribution is -2.66. The van der Waals surface area contributed by atoms with Crippen molar-refractivity contribution in [3.8, 4) is 5.75 Å². The number of carbonyl (C=O) groups is 4. The molecule has 3 N–H and O–H groups in total. The molecular weight excluding hydrogens is 574 g/mol. The highest BCUT2D eigenvalue weighted by Crippen LogP contribution is 2.34. The Kier molecular flexibility index (Phi) is 10.3. The molecule has 0 radical (unpaired) electrons. The van der Waals surface area contributed by atoms with E-state index in [2.05, 4.69) is 15.5 Å². The van der Waals surface area contributed by atoms with Gasteiger partial charge in [-0.05, 0) is 65.0 Å². The molecule has 0 aromatic heterocycles. The topological polar surface area (TPSA) is 132 Å². The Labute approximate surface area is 267 Å². The van der Waals surface area contributed by atoms with Crippen LogP contribution < -0.4 is 15.4 Å². The molecule has 11 nitrogen and oxygen atoms in total. The first kappa shape index (κ1) is 33.0. The van der Waals surface area contributed by atoms with Crippen molar-refractivity contribution in [1.82, 2.24) is 25.3 Å². The zero-order valence-corrected chi connectivity index (χ0v) is 27.3. The molecule has 3 fully saturated rings. The normalized spacial score (nSPS) is 25.2. The fraction of sp³-hybridized carbons (Fsp3) is 0.706. The smallest absolute Gasteiger partial charge is 0.407 e. The number of rotatable bonds is 8. The SMILES string of the molecule is C[C@@H](CN(C(=O)O)C(C)(C)C)C(=O)N[C@H](C(=O)N1C[C@H]2CCCN2C[C@H]1C(=O)N[C@@H]1CCOc2ccccc21)C1CCCCC1. The van der Waals surface area contributed by atoms with Gasteiger partial charge in [-0.2, -0.15) is 0 Å². The van der Waals surface area contributed by atoms with E-state index in [0.717, 1.165) is 62.8 Å². The Balaban J connectivity index is 1.37. The number of nitrogens with zero attached hydrogens (tertiary/aromatic N) is 3. The van der Waals surface area contributed by atoms with Crippen molar-refractivity contribution in [2.45, 2.75) is 109 Å². The van der Waals surface area contributed by atoms with E-state index in [0.29, 0.717) is 26.1 Å². The van der Waals surface area contributed by atoms with Crippen LogP contribution in [0, 0.1) is 11.8 Å². The molecule has 1 aromatic carbocycles. The van der Waals surface area contributed by atoms with E-state index in [1.165, 1.54) is 4.90 Å². The van der Waals surface area contributed by atoms with Gasteiger partial charge in [0, 0.05) is 43.2 Å². The lowest BCUT2D eigenvalue weighted by atomic mass is 9.82. The van der Waals surface area contributed by atoms with Crippen molar-refractivity contribution in [3.63, 3.8) is 0 Å². The molecule has 11 heteroatoms. The molecular formula is C34H51N5O6. The van der Waals surface area contributed by atoms with Crippen molar-refractivity contribution >= 4 is 23.8 Å². The Morgan fingerprint density at radius 2 is 1.76 bits per heavy atom. The van der Waals surface area contributed by atoms with Crippen LogP contribution in [0.3, 0.4) is 0 Å². The molecule has 45 heavy (non-hydrogen) atoms. The second kappa shape index (κ2) is 14.0. The molecule has 0 bridgehead atoms. The molecule has 4 amide bonds. The van der Waals surface area contributed by atoms with Crippen LogP contribution in [0.5, 0.6) is 5.75 Å². The van der Waals surface area contributed by atoms with Crippen LogP contribution in [0.4, 0.5) is 4.79 Å². The highest BCUT2D eigenvalue weighted by Gasteiger charge is 2.46. The molecule has 1 saturated carbocycles. The van der Waals surface area contributed by atoms with Gasteiger partial charge in [0.2, 0.25) is 17.7 Å². The summed E-state index contributed by atoms with van der Waals surface area (Å²) in [6, 6.07) is 6.29. The van der Waals surface area contributed by atoms with Crippen LogP contribution in [0.25, 0.3) is 0 Å². The average Bonchev–Trinajstić information content (AvgIpc) is 3.49. The van der Waals surface area contributed by atoms with E-state index in [9.17, 15) is 24.3 Å². The molecule has 3 aliphatic heterocycles. The van der Waals surface area contributed by atoms with Crippen molar-refractivity contribution in [3.05, 3.63) is 29.8 Å². The van der Waals surface area contributed by atoms with Gasteiger partial charge in [0.1, 0.15) is 17.8 Å². The number of hydrogen-bond acceptors (Lipinski definition) is 6. The Bertz CT molecular complexity index is 1240. The lowest BCUT2D eigenvalue weighted by Gasteiger charge is -2.45. The second-order valence-electron chi connectivity index (χ2n) is 14.4. The number of piperazine rings is 1. The monoisotopic (exact) mass is 625 g/mol. The third-order valence-corrected chi connectivity index (χ3v) is 10.2. The van der Waals surface area contributed by atoms with E-state index >= 15 is 0 Å². The standard InChI is InChI=1S/C34H51N5O6/c1-22(19-39(33(43)44)34(2,3)4)30(40)36-29(23-11-6-5-7-12-23)32(42)38-20-24-13-10-17-37(24)21-27(38)31(41)35-26-16-18-45-28-15-9-8-14-25(26)28/h8-9,14-15,22-24,26-27,29H,5-7,10-13,16-21H2,1-4H3,(H,35,41)(H,36,40)(H,43,44)/t22-,24+,26+,27-,29-/m0/s1. The van der Waals surface area contributed by atoms with Gasteiger partial charge < -0.3 is 30.3 Å². The number of ether oxygens (including phenoxy) is 1. The van der Waals surface area contributed by atoms with Gasteiger partial charge >= 0.3 is 6.09 Å². The summed E-state index contributed by atoms with van der Waals surface area (Å²) in [7, 11) is 0. The highest BCUT2D eigenvalue weighted by molar-refractivity contribution is 5.93. The molecule has 4 aliphatic rings. The Morgan fingerprint density at radius 3 is 2.47 bits per heavy atom. The quantitative estimate of drug-likeness (QED) is 0.401. The Hall–Kier alpha value is -3.34. The summed E-state index contributed by atoms with van der Waals surface area (Å²) in [5, 5.41) is 16.1. The van der Waals surface area contributed by atoms with Gasteiger partial charge in [0.25, 0.3) is 0 Å². The first-order valence-electron chi connectivity index (χ1n) is 16.8. The van der Waals surface area contributed by atoms with Crippen LogP contribution in [-0.2, 0) is 14.4 Å². The third-order valence-electron chi connectivity index (χ3n) is 10.2. The summed E-state index contributed by atoms with van der Waals surface area (Å²) in [5.74, 6) is -0.639. The fourth-order valence-electron chi connectivity index (χ4n) is 7.56. The van der Waals surface area contributed by atoms with Gasteiger partial charge in [-0.25, -0.2) is 4.79 Å². The van der Waals surface area contributed by atoms with Crippen LogP contribution in [-0.4, -0.2) is 100 Å². The van der Waals surface area contributed by atoms with Gasteiger partial charge in [-0.1, -0.05) is 44.4 Å². The molecule has 5 atom stereocenters. The van der Waals surface area contributed by atoms with Crippen LogP contribution in [0.15, 0.2) is 24.3 Å².